The molecule has 0 unspecified atom stereocenters. The molecule has 22 heavy (non-hydrogen) atoms. The fourth-order valence-corrected chi connectivity index (χ4v) is 3.00. The van der Waals surface area contributed by atoms with Crippen LogP contribution in [-0.4, -0.2) is 29.5 Å². The van der Waals surface area contributed by atoms with Crippen LogP contribution in [0.5, 0.6) is 0 Å². The molecule has 7 nitrogen and oxygen atoms in total. The lowest BCUT2D eigenvalue weighted by atomic mass is 10.3. The topological polar surface area (TPSA) is 97.4 Å². The van der Waals surface area contributed by atoms with Gasteiger partial charge >= 0.3 is 6.09 Å². The van der Waals surface area contributed by atoms with Crippen LogP contribution < -0.4 is 10.6 Å². The van der Waals surface area contributed by atoms with Crippen molar-refractivity contribution < 1.29 is 19.1 Å². The van der Waals surface area contributed by atoms with Crippen molar-refractivity contribution in [2.45, 2.75) is 13.8 Å². The van der Waals surface area contributed by atoms with Crippen LogP contribution >= 0.6 is 22.7 Å². The smallest absolute Gasteiger partial charge is 0.414 e. The molecule has 0 fully saturated rings. The average Bonchev–Trinajstić information content (AvgIpc) is 3.07. The van der Waals surface area contributed by atoms with Gasteiger partial charge in [-0.1, -0.05) is 0 Å². The average molecular weight is 339 g/mol. The number of nitrogens with one attached hydrogen (secondary N) is 2. The van der Waals surface area contributed by atoms with Gasteiger partial charge in [-0.25, -0.2) is 9.78 Å². The van der Waals surface area contributed by atoms with Crippen molar-refractivity contribution in [1.29, 1.82) is 0 Å². The number of thiazole rings is 1. The van der Waals surface area contributed by atoms with Gasteiger partial charge in [0.05, 0.1) is 12.2 Å². The van der Waals surface area contributed by atoms with E-state index in [2.05, 4.69) is 20.4 Å². The second-order valence-electron chi connectivity index (χ2n) is 4.09. The van der Waals surface area contributed by atoms with Gasteiger partial charge in [-0.05, 0) is 25.3 Å². The van der Waals surface area contributed by atoms with E-state index in [9.17, 15) is 14.4 Å². The van der Waals surface area contributed by atoms with Gasteiger partial charge in [0, 0.05) is 11.1 Å². The number of aryl methyl sites for hydroxylation is 1. The monoisotopic (exact) mass is 339 g/mol. The molecule has 2 aromatic rings. The SMILES string of the molecule is CCOC(=O)NC(=O)c1ccsc1NC(=O)c1nc(C)cs1. The lowest BCUT2D eigenvalue weighted by molar-refractivity contribution is 0.0926. The minimum absolute atomic E-state index is 0.162. The van der Waals surface area contributed by atoms with Crippen LogP contribution in [0.3, 0.4) is 0 Å². The highest BCUT2D eigenvalue weighted by molar-refractivity contribution is 7.15. The maximum Gasteiger partial charge on any atom is 0.414 e. The molecule has 0 saturated heterocycles. The lowest BCUT2D eigenvalue weighted by Crippen LogP contribution is -2.31. The summed E-state index contributed by atoms with van der Waals surface area (Å²) in [6, 6.07) is 1.52. The molecule has 2 N–H and O–H groups in total. The molecule has 0 aliphatic carbocycles. The van der Waals surface area contributed by atoms with Crippen molar-refractivity contribution in [3.8, 4) is 0 Å². The van der Waals surface area contributed by atoms with E-state index in [1.807, 2.05) is 0 Å². The fraction of sp³-hybridized carbons (Fsp3) is 0.231. The van der Waals surface area contributed by atoms with Gasteiger partial charge in [0.1, 0.15) is 5.00 Å². The molecular weight excluding hydrogens is 326 g/mol. The number of aromatic nitrogens is 1. The second-order valence-corrected chi connectivity index (χ2v) is 5.86. The number of carbonyl (C=O) groups excluding carboxylic acids is 3. The van der Waals surface area contributed by atoms with Gasteiger partial charge < -0.3 is 10.1 Å². The molecule has 2 aromatic heterocycles. The number of alkyl carbamates (subject to hydrolysis) is 1. The summed E-state index contributed by atoms with van der Waals surface area (Å²) >= 11 is 2.40. The molecule has 0 saturated carbocycles. The molecule has 0 atom stereocenters. The third kappa shape index (κ3) is 3.89. The van der Waals surface area contributed by atoms with Crippen molar-refractivity contribution in [2.24, 2.45) is 0 Å². The number of hydrogen-bond acceptors (Lipinski definition) is 7. The summed E-state index contributed by atoms with van der Waals surface area (Å²) in [6.45, 7) is 3.59. The molecule has 116 valence electrons. The Morgan fingerprint density at radius 3 is 2.68 bits per heavy atom. The minimum atomic E-state index is -0.827. The Morgan fingerprint density at radius 1 is 1.27 bits per heavy atom. The van der Waals surface area contributed by atoms with Crippen molar-refractivity contribution in [3.05, 3.63) is 33.1 Å². The van der Waals surface area contributed by atoms with Gasteiger partial charge in [-0.3, -0.25) is 14.9 Å². The first-order valence-electron chi connectivity index (χ1n) is 6.30. The number of carbonyl (C=O) groups is 3. The Bertz CT molecular complexity index is 708. The van der Waals surface area contributed by atoms with Crippen LogP contribution in [0, 0.1) is 6.92 Å². The maximum absolute atomic E-state index is 12.0. The Kier molecular flexibility index (Phi) is 5.23. The maximum atomic E-state index is 12.0. The van der Waals surface area contributed by atoms with Crippen LogP contribution in [0.2, 0.25) is 0 Å². The molecule has 0 aromatic carbocycles. The first-order chi connectivity index (χ1) is 10.5. The third-order valence-corrected chi connectivity index (χ3v) is 4.23. The summed E-state index contributed by atoms with van der Waals surface area (Å²) in [4.78, 5) is 39.3. The van der Waals surface area contributed by atoms with E-state index in [1.165, 1.54) is 28.7 Å². The Labute approximate surface area is 134 Å². The van der Waals surface area contributed by atoms with Gasteiger partial charge in [0.2, 0.25) is 0 Å². The number of thiophene rings is 1. The van der Waals surface area contributed by atoms with Crippen LogP contribution in [-0.2, 0) is 4.74 Å². The molecular formula is C13H13N3O4S2. The number of ether oxygens (including phenoxy) is 1. The van der Waals surface area contributed by atoms with Crippen molar-refractivity contribution in [3.63, 3.8) is 0 Å². The normalized spacial score (nSPS) is 10.1. The molecule has 0 bridgehead atoms. The Morgan fingerprint density at radius 2 is 2.05 bits per heavy atom. The lowest BCUT2D eigenvalue weighted by Gasteiger charge is -2.06. The quantitative estimate of drug-likeness (QED) is 0.892. The zero-order valence-corrected chi connectivity index (χ0v) is 13.5. The van der Waals surface area contributed by atoms with E-state index in [1.54, 1.807) is 24.6 Å². The number of rotatable bonds is 4. The van der Waals surface area contributed by atoms with Crippen LogP contribution in [0.4, 0.5) is 9.80 Å². The van der Waals surface area contributed by atoms with Gasteiger partial charge in [-0.15, -0.1) is 22.7 Å². The highest BCUT2D eigenvalue weighted by Gasteiger charge is 2.19. The van der Waals surface area contributed by atoms with E-state index in [0.29, 0.717) is 10.0 Å². The van der Waals surface area contributed by atoms with Gasteiger partial charge in [0.15, 0.2) is 5.01 Å². The van der Waals surface area contributed by atoms with E-state index >= 15 is 0 Å². The number of hydrogen-bond donors (Lipinski definition) is 2. The molecule has 2 rings (SSSR count). The molecule has 0 radical (unpaired) electrons. The summed E-state index contributed by atoms with van der Waals surface area (Å²) < 4.78 is 4.64. The number of amides is 3. The number of imide groups is 1. The van der Waals surface area contributed by atoms with Crippen molar-refractivity contribution >= 4 is 45.6 Å². The van der Waals surface area contributed by atoms with E-state index in [0.717, 1.165) is 5.69 Å². The minimum Gasteiger partial charge on any atom is -0.450 e. The van der Waals surface area contributed by atoms with Gasteiger partial charge in [-0.2, -0.15) is 0 Å². The van der Waals surface area contributed by atoms with Crippen molar-refractivity contribution in [1.82, 2.24) is 10.3 Å². The zero-order valence-electron chi connectivity index (χ0n) is 11.8. The van der Waals surface area contributed by atoms with Crippen LogP contribution in [0.1, 0.15) is 32.8 Å². The first kappa shape index (κ1) is 16.1. The Hall–Kier alpha value is -2.26. The van der Waals surface area contributed by atoms with Gasteiger partial charge in [0.25, 0.3) is 11.8 Å². The number of nitrogens with zero attached hydrogens (tertiary/aromatic N) is 1. The predicted octanol–water partition coefficient (Wildman–Crippen LogP) is 2.65. The predicted molar refractivity (Wildman–Crippen MR) is 83.6 cm³/mol. The zero-order chi connectivity index (χ0) is 16.1. The fourth-order valence-electron chi connectivity index (χ4n) is 1.53. The first-order valence-corrected chi connectivity index (χ1v) is 8.06. The second kappa shape index (κ2) is 7.14. The highest BCUT2D eigenvalue weighted by Crippen LogP contribution is 2.24. The molecule has 0 aliphatic rings. The summed E-state index contributed by atoms with van der Waals surface area (Å²) in [6.07, 6.45) is -0.827. The molecule has 3 amide bonds. The van der Waals surface area contributed by atoms with Crippen LogP contribution in [0.15, 0.2) is 16.8 Å². The van der Waals surface area contributed by atoms with Crippen molar-refractivity contribution in [2.75, 3.05) is 11.9 Å². The molecule has 0 aliphatic heterocycles. The summed E-state index contributed by atoms with van der Waals surface area (Å²) in [5.74, 6) is -1.03. The molecule has 0 spiro atoms. The molecule has 9 heteroatoms. The molecule has 2 heterocycles. The Balaban J connectivity index is 2.07. The number of anilines is 1. The van der Waals surface area contributed by atoms with E-state index in [-0.39, 0.29) is 12.2 Å². The van der Waals surface area contributed by atoms with E-state index < -0.39 is 17.9 Å². The summed E-state index contributed by atoms with van der Waals surface area (Å²) in [5.41, 5.74) is 0.946. The third-order valence-electron chi connectivity index (χ3n) is 2.44. The largest absolute Gasteiger partial charge is 0.450 e. The highest BCUT2D eigenvalue weighted by atomic mass is 32.1. The standard InChI is InChI=1S/C13H13N3O4S2/c1-3-20-13(19)16-9(17)8-4-5-21-11(8)15-10(18)12-14-7(2)6-22-12/h4-6H,3H2,1-2H3,(H,15,18)(H,16,17,19). The summed E-state index contributed by atoms with van der Waals surface area (Å²) in [7, 11) is 0. The van der Waals surface area contributed by atoms with E-state index in [4.69, 9.17) is 0 Å². The summed E-state index contributed by atoms with van der Waals surface area (Å²) in [5, 5.41) is 8.76. The van der Waals surface area contributed by atoms with Crippen LogP contribution in [0.25, 0.3) is 0 Å².